The van der Waals surface area contributed by atoms with Gasteiger partial charge >= 0.3 is 0 Å². The summed E-state index contributed by atoms with van der Waals surface area (Å²) in [5, 5.41) is 4.85. The van der Waals surface area contributed by atoms with Gasteiger partial charge in [0.1, 0.15) is 5.75 Å². The molecule has 0 aliphatic carbocycles. The fraction of sp³-hybridized carbons (Fsp3) is 0.391. The molecule has 1 atom stereocenters. The number of benzene rings is 2. The molecule has 0 saturated carbocycles. The van der Waals surface area contributed by atoms with Crippen LogP contribution in [0.1, 0.15) is 36.9 Å². The Hall–Kier alpha value is -2.44. The fourth-order valence-corrected chi connectivity index (χ4v) is 4.22. The van der Waals surface area contributed by atoms with Crippen molar-refractivity contribution in [2.75, 3.05) is 13.2 Å². The Kier molecular flexibility index (Phi) is 5.83. The normalized spacial score (nSPS) is 17.0. The lowest BCUT2D eigenvalue weighted by molar-refractivity contribution is 0.190. The Morgan fingerprint density at radius 1 is 1.10 bits per heavy atom. The first-order valence-electron chi connectivity index (χ1n) is 10.2. The van der Waals surface area contributed by atoms with Crippen molar-refractivity contribution in [2.45, 2.75) is 39.4 Å². The van der Waals surface area contributed by atoms with Crippen LogP contribution in [0.2, 0.25) is 0 Å². The second-order valence-electron chi connectivity index (χ2n) is 7.64. The van der Waals surface area contributed by atoms with E-state index in [0.717, 1.165) is 34.9 Å². The quantitative estimate of drug-likeness (QED) is 0.530. The van der Waals surface area contributed by atoms with Gasteiger partial charge in [-0.1, -0.05) is 42.0 Å². The molecule has 0 spiro atoms. The zero-order chi connectivity index (χ0) is 20.4. The van der Waals surface area contributed by atoms with Crippen molar-refractivity contribution in [3.8, 4) is 17.1 Å². The van der Waals surface area contributed by atoms with Gasteiger partial charge in [0.25, 0.3) is 0 Å². The van der Waals surface area contributed by atoms with Gasteiger partial charge < -0.3 is 9.30 Å². The Bertz CT molecular complexity index is 1020. The van der Waals surface area contributed by atoms with Crippen LogP contribution in [0.5, 0.6) is 5.75 Å². The highest BCUT2D eigenvalue weighted by Gasteiger charge is 2.27. The minimum Gasteiger partial charge on any atom is -0.494 e. The molecule has 6 heteroatoms. The smallest absolute Gasteiger partial charge is 0.199 e. The maximum atomic E-state index is 5.70. The first-order valence-corrected chi connectivity index (χ1v) is 10.7. The molecule has 0 bridgehead atoms. The van der Waals surface area contributed by atoms with Gasteiger partial charge in [0.15, 0.2) is 10.6 Å². The predicted molar refractivity (Wildman–Crippen MR) is 118 cm³/mol. The van der Waals surface area contributed by atoms with Gasteiger partial charge in [-0.3, -0.25) is 4.90 Å². The minimum absolute atomic E-state index is 0.386. The Morgan fingerprint density at radius 2 is 1.83 bits per heavy atom. The van der Waals surface area contributed by atoms with E-state index in [1.807, 2.05) is 23.2 Å². The largest absolute Gasteiger partial charge is 0.494 e. The number of rotatable bonds is 6. The van der Waals surface area contributed by atoms with Crippen molar-refractivity contribution < 1.29 is 4.74 Å². The summed E-state index contributed by atoms with van der Waals surface area (Å²) in [6.07, 6.45) is 2.34. The summed E-state index contributed by atoms with van der Waals surface area (Å²) in [5.74, 6) is 1.84. The predicted octanol–water partition coefficient (Wildman–Crippen LogP) is 5.12. The molecule has 3 aromatic rings. The standard InChI is InChI=1S/C23H28N4OS/c1-4-28-20-13-11-18(12-14-20)21-6-5-15-26(21)16-27-23(29)25(3)22(24-27)19-9-7-17(2)8-10-19/h7-14,21H,4-6,15-16H2,1-3H3. The van der Waals surface area contributed by atoms with Crippen LogP contribution in [0.4, 0.5) is 0 Å². The van der Waals surface area contributed by atoms with Gasteiger partial charge in [-0.2, -0.15) is 5.10 Å². The van der Waals surface area contributed by atoms with Crippen molar-refractivity contribution in [3.63, 3.8) is 0 Å². The molecular weight excluding hydrogens is 380 g/mol. The summed E-state index contributed by atoms with van der Waals surface area (Å²) >= 11 is 5.70. The van der Waals surface area contributed by atoms with E-state index in [0.29, 0.717) is 19.3 Å². The number of hydrogen-bond donors (Lipinski definition) is 0. The lowest BCUT2D eigenvalue weighted by Crippen LogP contribution is -2.27. The molecule has 1 aliphatic rings. The Labute approximate surface area is 177 Å². The molecule has 1 aliphatic heterocycles. The van der Waals surface area contributed by atoms with Crippen LogP contribution in [0.15, 0.2) is 48.5 Å². The highest BCUT2D eigenvalue weighted by Crippen LogP contribution is 2.33. The minimum atomic E-state index is 0.386. The van der Waals surface area contributed by atoms with E-state index in [9.17, 15) is 0 Å². The molecule has 1 fully saturated rings. The molecule has 29 heavy (non-hydrogen) atoms. The van der Waals surface area contributed by atoms with Crippen molar-refractivity contribution in [1.82, 2.24) is 19.2 Å². The van der Waals surface area contributed by atoms with Crippen LogP contribution in [0.3, 0.4) is 0 Å². The lowest BCUT2D eigenvalue weighted by Gasteiger charge is -2.24. The van der Waals surface area contributed by atoms with E-state index in [1.54, 1.807) is 0 Å². The zero-order valence-electron chi connectivity index (χ0n) is 17.3. The van der Waals surface area contributed by atoms with Crippen LogP contribution >= 0.6 is 12.2 Å². The molecule has 2 aromatic carbocycles. The highest BCUT2D eigenvalue weighted by atomic mass is 32.1. The summed E-state index contributed by atoms with van der Waals surface area (Å²) in [4.78, 5) is 2.47. The van der Waals surface area contributed by atoms with E-state index in [-0.39, 0.29) is 0 Å². The average molecular weight is 409 g/mol. The highest BCUT2D eigenvalue weighted by molar-refractivity contribution is 7.71. The van der Waals surface area contributed by atoms with Gasteiger partial charge in [-0.15, -0.1) is 0 Å². The molecule has 0 amide bonds. The molecule has 1 unspecified atom stereocenters. The molecule has 152 valence electrons. The third-order valence-electron chi connectivity index (χ3n) is 5.61. The first-order chi connectivity index (χ1) is 14.1. The van der Waals surface area contributed by atoms with Gasteiger partial charge in [-0.25, -0.2) is 4.68 Å². The summed E-state index contributed by atoms with van der Waals surface area (Å²) in [6, 6.07) is 17.3. The van der Waals surface area contributed by atoms with E-state index in [1.165, 1.54) is 17.5 Å². The third kappa shape index (κ3) is 4.14. The molecule has 4 rings (SSSR count). The third-order valence-corrected chi connectivity index (χ3v) is 6.09. The van der Waals surface area contributed by atoms with Crippen LogP contribution in [-0.2, 0) is 13.7 Å². The molecule has 0 radical (unpaired) electrons. The summed E-state index contributed by atoms with van der Waals surface area (Å²) in [7, 11) is 1.99. The summed E-state index contributed by atoms with van der Waals surface area (Å²) in [6.45, 7) is 6.55. The SMILES string of the molecule is CCOc1ccc(C2CCCN2Cn2nc(-c3ccc(C)cc3)n(C)c2=S)cc1. The maximum absolute atomic E-state index is 5.70. The number of nitrogens with zero attached hydrogens (tertiary/aromatic N) is 4. The van der Waals surface area contributed by atoms with E-state index < -0.39 is 0 Å². The number of aromatic nitrogens is 3. The van der Waals surface area contributed by atoms with Crippen LogP contribution in [-0.4, -0.2) is 32.4 Å². The second-order valence-corrected chi connectivity index (χ2v) is 8.01. The van der Waals surface area contributed by atoms with Crippen LogP contribution in [0.25, 0.3) is 11.4 Å². The lowest BCUT2D eigenvalue weighted by atomic mass is 10.0. The van der Waals surface area contributed by atoms with Gasteiger partial charge in [0.05, 0.1) is 13.3 Å². The van der Waals surface area contributed by atoms with E-state index in [2.05, 4.69) is 60.4 Å². The van der Waals surface area contributed by atoms with Crippen LogP contribution < -0.4 is 4.74 Å². The van der Waals surface area contributed by atoms with Crippen molar-refractivity contribution in [2.24, 2.45) is 7.05 Å². The molecule has 5 nitrogen and oxygen atoms in total. The van der Waals surface area contributed by atoms with Crippen LogP contribution in [0, 0.1) is 11.7 Å². The molecule has 0 N–H and O–H groups in total. The molecule has 1 saturated heterocycles. The second kappa shape index (κ2) is 8.51. The van der Waals surface area contributed by atoms with E-state index in [4.69, 9.17) is 22.1 Å². The summed E-state index contributed by atoms with van der Waals surface area (Å²) in [5.41, 5.74) is 3.66. The zero-order valence-corrected chi connectivity index (χ0v) is 18.2. The first kappa shape index (κ1) is 19.9. The number of hydrogen-bond acceptors (Lipinski definition) is 4. The van der Waals surface area contributed by atoms with Gasteiger partial charge in [0, 0.05) is 25.2 Å². The average Bonchev–Trinajstić information content (AvgIpc) is 3.30. The number of aryl methyl sites for hydroxylation is 1. The Morgan fingerprint density at radius 3 is 2.52 bits per heavy atom. The van der Waals surface area contributed by atoms with Crippen molar-refractivity contribution in [1.29, 1.82) is 0 Å². The van der Waals surface area contributed by atoms with Crippen molar-refractivity contribution in [3.05, 3.63) is 64.4 Å². The fourth-order valence-electron chi connectivity index (χ4n) is 4.03. The monoisotopic (exact) mass is 408 g/mol. The molecule has 1 aromatic heterocycles. The van der Waals surface area contributed by atoms with Gasteiger partial charge in [0.2, 0.25) is 0 Å². The van der Waals surface area contributed by atoms with Gasteiger partial charge in [-0.05, 0) is 56.6 Å². The number of ether oxygens (including phenoxy) is 1. The van der Waals surface area contributed by atoms with E-state index >= 15 is 0 Å². The molecule has 2 heterocycles. The summed E-state index contributed by atoms with van der Waals surface area (Å²) < 4.78 is 10.3. The molecular formula is C23H28N4OS. The topological polar surface area (TPSA) is 35.2 Å². The Balaban J connectivity index is 1.56. The maximum Gasteiger partial charge on any atom is 0.199 e. The van der Waals surface area contributed by atoms with Crippen molar-refractivity contribution >= 4 is 12.2 Å². The number of likely N-dealkylation sites (tertiary alicyclic amines) is 1.